The van der Waals surface area contributed by atoms with Gasteiger partial charge in [-0.25, -0.2) is 0 Å². The fourth-order valence-corrected chi connectivity index (χ4v) is 17.5. The third-order valence-corrected chi connectivity index (χ3v) is 24.7. The number of hydrogen-bond donors (Lipinski definition) is 0. The van der Waals surface area contributed by atoms with Crippen molar-refractivity contribution < 1.29 is 0 Å². The third-order valence-electron chi connectivity index (χ3n) is 24.7. The zero-order chi connectivity index (χ0) is 87.3. The molecule has 0 atom stereocenters. The van der Waals surface area contributed by atoms with E-state index in [4.69, 9.17) is 0 Å². The van der Waals surface area contributed by atoms with Crippen molar-refractivity contribution in [3.8, 4) is 44.5 Å². The summed E-state index contributed by atoms with van der Waals surface area (Å²) in [7, 11) is 0. The lowest BCUT2D eigenvalue weighted by Gasteiger charge is -2.33. The second-order valence-corrected chi connectivity index (χ2v) is 37.7. The monoisotopic (exact) mass is 1600 g/mol. The first-order valence-corrected chi connectivity index (χ1v) is 46.4. The van der Waals surface area contributed by atoms with E-state index in [2.05, 4.69) is 410 Å². The molecule has 0 amide bonds. The molecule has 2 aliphatic carbocycles. The first-order chi connectivity index (χ1) is 57.3. The minimum atomic E-state index is -0.282. The van der Waals surface area contributed by atoms with E-state index in [1.165, 1.54) is 295 Å². The van der Waals surface area contributed by atoms with Gasteiger partial charge in [0.2, 0.25) is 0 Å². The molecule has 0 heterocycles. The lowest BCUT2D eigenvalue weighted by atomic mass is 9.68. The van der Waals surface area contributed by atoms with Crippen LogP contribution in [0.5, 0.6) is 0 Å². The van der Waals surface area contributed by atoms with Crippen LogP contribution >= 0.6 is 0 Å². The summed E-state index contributed by atoms with van der Waals surface area (Å²) in [5, 5.41) is 0. The molecule has 0 aromatic heterocycles. The van der Waals surface area contributed by atoms with Crippen LogP contribution in [-0.4, -0.2) is 0 Å². The van der Waals surface area contributed by atoms with Gasteiger partial charge < -0.3 is 0 Å². The van der Waals surface area contributed by atoms with Crippen LogP contribution in [0, 0.1) is 104 Å². The summed E-state index contributed by atoms with van der Waals surface area (Å²) < 4.78 is 0. The van der Waals surface area contributed by atoms with Gasteiger partial charge in [0, 0.05) is 0 Å². The highest BCUT2D eigenvalue weighted by molar-refractivity contribution is 5.95. The van der Waals surface area contributed by atoms with Gasteiger partial charge in [-0.2, -0.15) is 0 Å². The third kappa shape index (κ3) is 27.3. The highest BCUT2D eigenvalue weighted by Crippen LogP contribution is 2.64. The highest BCUT2D eigenvalue weighted by atomic mass is 14.5. The largest absolute Gasteiger partial charge is 0.0725 e. The van der Waals surface area contributed by atoms with E-state index >= 15 is 0 Å². The molecule has 0 saturated heterocycles. The van der Waals surface area contributed by atoms with Gasteiger partial charge in [0.05, 0.1) is 5.41 Å². The molecular formula is C120H154. The Bertz CT molecular complexity index is 4890. The molecule has 120 heavy (non-hydrogen) atoms. The first kappa shape index (κ1) is 96.1. The van der Waals surface area contributed by atoms with Crippen LogP contribution in [0.3, 0.4) is 0 Å². The van der Waals surface area contributed by atoms with Gasteiger partial charge in [-0.3, -0.25) is 0 Å². The van der Waals surface area contributed by atoms with Crippen LogP contribution in [-0.2, 0) is 41.9 Å². The van der Waals surface area contributed by atoms with E-state index < -0.39 is 0 Å². The predicted molar refractivity (Wildman–Crippen MR) is 532 cm³/mol. The van der Waals surface area contributed by atoms with Crippen molar-refractivity contribution in [2.24, 2.45) is 0 Å². The number of fused-ring (bicyclic) bond motifs is 10. The molecule has 12 aromatic rings. The highest BCUT2D eigenvalue weighted by Gasteiger charge is 2.52. The number of unbranched alkanes of at least 4 members (excludes halogenated alkanes) is 12. The lowest BCUT2D eigenvalue weighted by molar-refractivity contribution is 0.586. The second-order valence-electron chi connectivity index (χ2n) is 37.7. The number of rotatable bonds is 22. The van der Waals surface area contributed by atoms with E-state index in [-0.39, 0.29) is 16.2 Å². The van der Waals surface area contributed by atoms with E-state index in [9.17, 15) is 0 Å². The summed E-state index contributed by atoms with van der Waals surface area (Å²) in [5.74, 6) is 0. The Hall–Kier alpha value is -9.36. The topological polar surface area (TPSA) is 0 Å². The Morgan fingerprint density at radius 3 is 0.850 bits per heavy atom. The number of aryl methyl sites for hydroxylation is 19. The maximum absolute atomic E-state index is 2.52. The molecular weight excluding hydrogens is 1440 g/mol. The average molecular weight is 1600 g/mol. The van der Waals surface area contributed by atoms with E-state index in [0.717, 1.165) is 0 Å². The zero-order valence-electron chi connectivity index (χ0n) is 79.7. The molecule has 634 valence electrons. The Balaban J connectivity index is 0.000000185. The van der Waals surface area contributed by atoms with Crippen molar-refractivity contribution in [3.63, 3.8) is 0 Å². The molecule has 0 fully saturated rings. The Morgan fingerprint density at radius 1 is 0.208 bits per heavy atom. The normalized spacial score (nSPS) is 11.8. The molecule has 0 aliphatic heterocycles. The van der Waals surface area contributed by atoms with Gasteiger partial charge in [0.25, 0.3) is 0 Å². The molecule has 2 aliphatic rings. The molecule has 1 spiro atoms. The molecule has 14 rings (SSSR count). The van der Waals surface area contributed by atoms with Crippen LogP contribution in [0.25, 0.3) is 44.5 Å². The molecule has 0 unspecified atom stereocenters. The van der Waals surface area contributed by atoms with Gasteiger partial charge >= 0.3 is 0 Å². The molecule has 0 bridgehead atoms. The van der Waals surface area contributed by atoms with Gasteiger partial charge in [-0.1, -0.05) is 427 Å². The SMILES string of the molecule is CCCCCCc1cc(C)c(C)cc1C.CCCCCCc1cc(C)c(CCCCCC)cc1C.CCCCCCc1cc(C)cc(C)c1.Cc1cc(-c2ccccc2)c(C)cc1-c1ccccc1.Cc1ccc(C)cc1.Cc1ccc2c(c1)C1(c3cc(C)ccc3-2)c2cc(C(C)(C)C)ccc2-c2ccc(C(C)(C)C)cc21.Cc1cccc(C)c1. The molecule has 0 N–H and O–H groups in total. The minimum Gasteiger partial charge on any atom is -0.0654 e. The van der Waals surface area contributed by atoms with Crippen LogP contribution in [0.1, 0.15) is 311 Å². The van der Waals surface area contributed by atoms with Crippen molar-refractivity contribution in [3.05, 3.63) is 376 Å². The van der Waals surface area contributed by atoms with E-state index in [1.807, 2.05) is 0 Å². The molecule has 12 aromatic carbocycles. The molecule has 0 saturated carbocycles. The van der Waals surface area contributed by atoms with E-state index in [1.54, 1.807) is 16.7 Å². The Morgan fingerprint density at radius 2 is 0.508 bits per heavy atom. The lowest BCUT2D eigenvalue weighted by Crippen LogP contribution is -2.27. The first-order valence-electron chi connectivity index (χ1n) is 46.4. The van der Waals surface area contributed by atoms with Gasteiger partial charge in [0.15, 0.2) is 0 Å². The Labute approximate surface area is 733 Å². The van der Waals surface area contributed by atoms with Gasteiger partial charge in [-0.15, -0.1) is 0 Å². The summed E-state index contributed by atoms with van der Waals surface area (Å²) in [6, 6.07) is 87.9. The average Bonchev–Trinajstić information content (AvgIpc) is 1.50. The standard InChI is InChI=1S/C35H36.C20H18.C20H34.C15H24.C14H22.2C8H10/c1-21-9-13-25-26-14-10-22(2)18-30(26)35(29(25)17-21)31-19-23(33(3,4)5)11-15-27(31)28-16-12-24(20-32(28)35)34(6,7)8;1-15-13-20(18-11-7-4-8-12-18)16(2)14-19(15)17-9-5-3-6-10-17;1-5-7-9-11-13-19-15-18(4)20(16-17(19)3)14-12-10-8-6-2;1-5-6-7-8-9-15-11-13(3)12(2)10-14(15)4;1-4-5-6-7-8-14-10-12(2)9-13(3)11-14;1-7-3-5-8(2)6-4-7;1-7-4-3-5-8(2)6-7/h9-20H,1-8H3;3-14H,1-2H3;15-16H,5-14H2,1-4H3;10-11H,5-9H2,1-4H3;9-11H,4-8H2,1-3H3;2*3-6H,1-2H3. The van der Waals surface area contributed by atoms with Crippen LogP contribution in [0.4, 0.5) is 0 Å². The molecule has 0 radical (unpaired) electrons. The Kier molecular flexibility index (Phi) is 37.3. The second kappa shape index (κ2) is 46.6. The smallest absolute Gasteiger partial charge is 0.0654 e. The van der Waals surface area contributed by atoms with Crippen molar-refractivity contribution >= 4 is 0 Å². The van der Waals surface area contributed by atoms with E-state index in [0.29, 0.717) is 0 Å². The summed E-state index contributed by atoms with van der Waals surface area (Å²) in [5.41, 5.74) is 46.2. The van der Waals surface area contributed by atoms with Crippen molar-refractivity contribution in [2.45, 2.75) is 318 Å². The summed E-state index contributed by atoms with van der Waals surface area (Å²) in [4.78, 5) is 0. The fourth-order valence-electron chi connectivity index (χ4n) is 17.5. The maximum Gasteiger partial charge on any atom is 0.0725 e. The fraction of sp³-hybridized carbons (Fsp3) is 0.400. The summed E-state index contributed by atoms with van der Waals surface area (Å²) in [6.45, 7) is 55.9. The summed E-state index contributed by atoms with van der Waals surface area (Å²) in [6.07, 6.45) is 26.8. The molecule has 0 nitrogen and oxygen atoms in total. The minimum absolute atomic E-state index is 0.0883. The maximum atomic E-state index is 2.52. The predicted octanol–water partition coefficient (Wildman–Crippen LogP) is 35.2. The zero-order valence-corrected chi connectivity index (χ0v) is 79.7. The van der Waals surface area contributed by atoms with Crippen molar-refractivity contribution in [2.75, 3.05) is 0 Å². The summed E-state index contributed by atoms with van der Waals surface area (Å²) >= 11 is 0. The van der Waals surface area contributed by atoms with Crippen molar-refractivity contribution in [1.29, 1.82) is 0 Å². The quantitative estimate of drug-likeness (QED) is 0.0593. The molecule has 0 heteroatoms. The van der Waals surface area contributed by atoms with Crippen molar-refractivity contribution in [1.82, 2.24) is 0 Å². The van der Waals surface area contributed by atoms with Crippen LogP contribution in [0.2, 0.25) is 0 Å². The van der Waals surface area contributed by atoms with Crippen LogP contribution < -0.4 is 0 Å². The number of hydrogen-bond acceptors (Lipinski definition) is 0. The van der Waals surface area contributed by atoms with Gasteiger partial charge in [0.1, 0.15) is 0 Å². The van der Waals surface area contributed by atoms with Crippen LogP contribution in [0.15, 0.2) is 237 Å². The van der Waals surface area contributed by atoms with Gasteiger partial charge in [-0.05, 0) is 305 Å². The number of benzene rings is 12.